The van der Waals surface area contributed by atoms with Crippen LogP contribution in [0.2, 0.25) is 0 Å². The van der Waals surface area contributed by atoms with Crippen molar-refractivity contribution in [2.75, 3.05) is 19.8 Å². The summed E-state index contributed by atoms with van der Waals surface area (Å²) in [6.07, 6.45) is 4.53. The highest BCUT2D eigenvalue weighted by atomic mass is 16.7. The van der Waals surface area contributed by atoms with Crippen LogP contribution in [0.4, 0.5) is 0 Å². The number of amides is 1. The van der Waals surface area contributed by atoms with E-state index in [-0.39, 0.29) is 12.0 Å². The van der Waals surface area contributed by atoms with Crippen LogP contribution in [-0.2, 0) is 16.1 Å². The van der Waals surface area contributed by atoms with Gasteiger partial charge in [-0.15, -0.1) is 0 Å². The average molecular weight is 244 g/mol. The van der Waals surface area contributed by atoms with Gasteiger partial charge < -0.3 is 0 Å². The molecule has 2 unspecified atom stereocenters. The van der Waals surface area contributed by atoms with Gasteiger partial charge in [0.25, 0.3) is 5.91 Å². The van der Waals surface area contributed by atoms with Crippen molar-refractivity contribution in [1.29, 1.82) is 0 Å². The molecule has 2 atom stereocenters. The maximum Gasteiger partial charge on any atom is 0.251 e. The molecular weight excluding hydrogens is 228 g/mol. The molecule has 0 saturated carbocycles. The van der Waals surface area contributed by atoms with Crippen molar-refractivity contribution in [3.05, 3.63) is 48.0 Å². The zero-order valence-electron chi connectivity index (χ0n) is 10.2. The topological polar surface area (TPSA) is 32.8 Å². The van der Waals surface area contributed by atoms with Gasteiger partial charge in [0.1, 0.15) is 12.8 Å². The van der Waals surface area contributed by atoms with Gasteiger partial charge in [0.05, 0.1) is 6.42 Å². The van der Waals surface area contributed by atoms with Gasteiger partial charge in [0.2, 0.25) is 0 Å². The van der Waals surface area contributed by atoms with E-state index < -0.39 is 0 Å². The summed E-state index contributed by atoms with van der Waals surface area (Å²) in [6.45, 7) is 2.34. The Balaban J connectivity index is 1.65. The van der Waals surface area contributed by atoms with E-state index in [0.717, 1.165) is 18.7 Å². The van der Waals surface area contributed by atoms with Crippen LogP contribution in [0.25, 0.3) is 0 Å². The van der Waals surface area contributed by atoms with Crippen molar-refractivity contribution in [1.82, 2.24) is 9.96 Å². The molecule has 1 aromatic carbocycles. The summed E-state index contributed by atoms with van der Waals surface area (Å²) in [5, 5.41) is 1.49. The third-order valence-corrected chi connectivity index (χ3v) is 3.22. The third-order valence-electron chi connectivity index (χ3n) is 3.22. The minimum Gasteiger partial charge on any atom is -0.277 e. The lowest BCUT2D eigenvalue weighted by Crippen LogP contribution is -2.53. The van der Waals surface area contributed by atoms with E-state index in [4.69, 9.17) is 4.84 Å². The Hall–Kier alpha value is -1.65. The van der Waals surface area contributed by atoms with E-state index in [0.29, 0.717) is 13.1 Å². The Morgan fingerprint density at radius 2 is 2.17 bits per heavy atom. The molecule has 94 valence electrons. The monoisotopic (exact) mass is 244 g/mol. The molecule has 0 N–H and O–H groups in total. The van der Waals surface area contributed by atoms with Crippen molar-refractivity contribution >= 4 is 5.91 Å². The van der Waals surface area contributed by atoms with Gasteiger partial charge >= 0.3 is 0 Å². The highest BCUT2D eigenvalue weighted by Crippen LogP contribution is 2.16. The Bertz CT molecular complexity index is 458. The molecule has 2 aliphatic heterocycles. The molecule has 1 saturated heterocycles. The highest BCUT2D eigenvalue weighted by Gasteiger charge is 2.29. The van der Waals surface area contributed by atoms with Crippen molar-refractivity contribution in [2.24, 2.45) is 0 Å². The lowest BCUT2D eigenvalue weighted by molar-refractivity contribution is -0.237. The van der Waals surface area contributed by atoms with Crippen LogP contribution < -0.4 is 0 Å². The SMILES string of the molecule is O=C(Cc1ccccc1)N1CN2CC=CC(C2)O1. The van der Waals surface area contributed by atoms with Crippen molar-refractivity contribution in [2.45, 2.75) is 12.5 Å². The molecule has 2 bridgehead atoms. The van der Waals surface area contributed by atoms with Crippen LogP contribution in [0.1, 0.15) is 5.56 Å². The zero-order chi connectivity index (χ0) is 12.4. The van der Waals surface area contributed by atoms with Gasteiger partial charge in [-0.05, 0) is 5.56 Å². The van der Waals surface area contributed by atoms with Crippen LogP contribution in [0, 0.1) is 0 Å². The summed E-state index contributed by atoms with van der Waals surface area (Å²) in [5.41, 5.74) is 1.02. The van der Waals surface area contributed by atoms with Crippen LogP contribution in [0.5, 0.6) is 0 Å². The first-order chi connectivity index (χ1) is 8.81. The fourth-order valence-electron chi connectivity index (χ4n) is 2.31. The van der Waals surface area contributed by atoms with Crippen LogP contribution in [-0.4, -0.2) is 41.7 Å². The first-order valence-corrected chi connectivity index (χ1v) is 6.21. The summed E-state index contributed by atoms with van der Waals surface area (Å²) in [6, 6.07) is 9.76. The summed E-state index contributed by atoms with van der Waals surface area (Å²) in [4.78, 5) is 20.0. The van der Waals surface area contributed by atoms with Gasteiger partial charge in [-0.3, -0.25) is 14.5 Å². The van der Waals surface area contributed by atoms with E-state index >= 15 is 0 Å². The second-order valence-corrected chi connectivity index (χ2v) is 4.68. The normalized spacial score (nSPS) is 26.1. The standard InChI is InChI=1S/C14H16N2O2/c17-14(9-12-5-2-1-3-6-12)16-11-15-8-4-7-13(10-15)18-16/h1-7,13H,8-11H2. The van der Waals surface area contributed by atoms with Gasteiger partial charge in [0, 0.05) is 13.1 Å². The van der Waals surface area contributed by atoms with Crippen molar-refractivity contribution in [3.63, 3.8) is 0 Å². The molecule has 0 aliphatic carbocycles. The minimum absolute atomic E-state index is 0.0196. The van der Waals surface area contributed by atoms with E-state index in [1.807, 2.05) is 36.4 Å². The summed E-state index contributed by atoms with van der Waals surface area (Å²) < 4.78 is 0. The van der Waals surface area contributed by atoms with Gasteiger partial charge in [-0.1, -0.05) is 42.5 Å². The number of hydrogen-bond donors (Lipinski definition) is 0. The Labute approximate surface area is 106 Å². The molecule has 0 aromatic heterocycles. The quantitative estimate of drug-likeness (QED) is 0.733. The Morgan fingerprint density at radius 3 is 2.94 bits per heavy atom. The maximum atomic E-state index is 12.1. The molecule has 0 spiro atoms. The number of fused-ring (bicyclic) bond motifs is 2. The number of carbonyl (C=O) groups excluding carboxylic acids is 1. The first-order valence-electron chi connectivity index (χ1n) is 6.21. The summed E-state index contributed by atoms with van der Waals surface area (Å²) in [5.74, 6) is 0.0196. The van der Waals surface area contributed by atoms with E-state index in [1.54, 1.807) is 0 Å². The van der Waals surface area contributed by atoms with Gasteiger partial charge in [0.15, 0.2) is 0 Å². The highest BCUT2D eigenvalue weighted by molar-refractivity contribution is 5.77. The van der Waals surface area contributed by atoms with Crippen LogP contribution in [0.15, 0.2) is 42.5 Å². The summed E-state index contributed by atoms with van der Waals surface area (Å²) >= 11 is 0. The molecule has 1 fully saturated rings. The van der Waals surface area contributed by atoms with E-state index in [2.05, 4.69) is 11.0 Å². The number of hydroxylamine groups is 2. The second kappa shape index (κ2) is 4.92. The van der Waals surface area contributed by atoms with Crippen LogP contribution >= 0.6 is 0 Å². The molecule has 4 nitrogen and oxygen atoms in total. The Morgan fingerprint density at radius 1 is 1.33 bits per heavy atom. The number of rotatable bonds is 2. The molecule has 3 rings (SSSR count). The molecule has 0 radical (unpaired) electrons. The third kappa shape index (κ3) is 2.44. The molecule has 18 heavy (non-hydrogen) atoms. The molecule has 1 amide bonds. The molecule has 2 aliphatic rings. The predicted molar refractivity (Wildman–Crippen MR) is 67.4 cm³/mol. The predicted octanol–water partition coefficient (Wildman–Crippen LogP) is 1.20. The zero-order valence-corrected chi connectivity index (χ0v) is 10.2. The fraction of sp³-hybridized carbons (Fsp3) is 0.357. The minimum atomic E-state index is 0.0196. The fourth-order valence-corrected chi connectivity index (χ4v) is 2.31. The van der Waals surface area contributed by atoms with Crippen molar-refractivity contribution < 1.29 is 9.63 Å². The summed E-state index contributed by atoms with van der Waals surface area (Å²) in [7, 11) is 0. The van der Waals surface area contributed by atoms with Crippen LogP contribution in [0.3, 0.4) is 0 Å². The van der Waals surface area contributed by atoms with Gasteiger partial charge in [-0.25, -0.2) is 5.06 Å². The number of nitrogens with zero attached hydrogens (tertiary/aromatic N) is 2. The smallest absolute Gasteiger partial charge is 0.251 e. The number of hydrogen-bond acceptors (Lipinski definition) is 3. The second-order valence-electron chi connectivity index (χ2n) is 4.68. The molecular formula is C14H16N2O2. The maximum absolute atomic E-state index is 12.1. The molecule has 2 heterocycles. The Kier molecular flexibility index (Phi) is 3.13. The largest absolute Gasteiger partial charge is 0.277 e. The molecule has 4 heteroatoms. The van der Waals surface area contributed by atoms with E-state index in [9.17, 15) is 4.79 Å². The molecule has 1 aromatic rings. The van der Waals surface area contributed by atoms with E-state index in [1.165, 1.54) is 5.06 Å². The van der Waals surface area contributed by atoms with Gasteiger partial charge in [-0.2, -0.15) is 0 Å². The first kappa shape index (κ1) is 11.4. The average Bonchev–Trinajstić information content (AvgIpc) is 2.39. The lowest BCUT2D eigenvalue weighted by Gasteiger charge is -2.40. The van der Waals surface area contributed by atoms with Crippen molar-refractivity contribution in [3.8, 4) is 0 Å². The number of benzene rings is 1. The lowest BCUT2D eigenvalue weighted by atomic mass is 10.1. The number of carbonyl (C=O) groups is 1.